The van der Waals surface area contributed by atoms with Crippen molar-refractivity contribution in [1.82, 2.24) is 41.1 Å². The second-order valence-corrected chi connectivity index (χ2v) is 20.5. The maximum atomic E-state index is 13.7. The van der Waals surface area contributed by atoms with Crippen molar-refractivity contribution < 1.29 is 62.0 Å². The number of nitrogen functional groups attached to an aromatic ring is 1. The molecule has 2 aliphatic heterocycles. The molecule has 26 nitrogen and oxygen atoms in total. The first kappa shape index (κ1) is 65.6. The van der Waals surface area contributed by atoms with E-state index in [1.165, 1.54) is 23.3 Å². The van der Waals surface area contributed by atoms with Crippen molar-refractivity contribution in [2.75, 3.05) is 107 Å². The van der Waals surface area contributed by atoms with Crippen molar-refractivity contribution in [1.29, 1.82) is 0 Å². The molecule has 458 valence electrons. The number of carbonyl (C=O) groups is 8. The van der Waals surface area contributed by atoms with Crippen LogP contribution in [0.5, 0.6) is 0 Å². The molecule has 6 rings (SSSR count). The van der Waals surface area contributed by atoms with Crippen molar-refractivity contribution in [3.63, 3.8) is 0 Å². The molecule has 9 amide bonds. The fourth-order valence-corrected chi connectivity index (χ4v) is 9.06. The number of hydrogen-bond donors (Lipinski definition) is 8. The largest absolute Gasteiger partial charge is 0.445 e. The van der Waals surface area contributed by atoms with Crippen LogP contribution in [0.25, 0.3) is 11.3 Å². The molecule has 2 aromatic heterocycles. The monoisotopic (exact) mass is 1180 g/mol. The summed E-state index contributed by atoms with van der Waals surface area (Å²) in [5.41, 5.74) is 17.6. The zero-order chi connectivity index (χ0) is 60.9. The van der Waals surface area contributed by atoms with Crippen LogP contribution in [-0.2, 0) is 67.1 Å². The van der Waals surface area contributed by atoms with Crippen LogP contribution in [-0.4, -0.2) is 166 Å². The summed E-state index contributed by atoms with van der Waals surface area (Å²) in [5, 5.41) is 16.5. The maximum Gasteiger partial charge on any atom is 0.407 e. The highest BCUT2D eigenvalue weighted by Crippen LogP contribution is 2.28. The zero-order valence-electron chi connectivity index (χ0n) is 48.5. The van der Waals surface area contributed by atoms with E-state index >= 15 is 0 Å². The third-order valence-electron chi connectivity index (χ3n) is 13.7. The molecule has 0 aliphatic carbocycles. The molecular formula is C59H79N13O13. The molecule has 85 heavy (non-hydrogen) atoms. The SMILES string of the molecule is CC(C)C(NC(=O)CCOCCOCCOCCOCCN1C(=O)C=CC1=O)C(=O)N[C@@H](CCCNC(N)=O)C(=O)Nc1ccc(COC(=O)NCCCCc2ccc3cc2CCCCN(C)c2ccncc2NC(=O)c2nc-3cnc2N)cc1. The van der Waals surface area contributed by atoms with E-state index in [1.54, 1.807) is 56.7 Å². The number of nitrogens with two attached hydrogens (primary N) is 2. The lowest BCUT2D eigenvalue weighted by molar-refractivity contribution is -0.137. The van der Waals surface area contributed by atoms with Crippen molar-refractivity contribution in [2.45, 2.75) is 90.3 Å². The van der Waals surface area contributed by atoms with E-state index in [-0.39, 0.29) is 94.8 Å². The van der Waals surface area contributed by atoms with Crippen LogP contribution >= 0.6 is 0 Å². The highest BCUT2D eigenvalue weighted by Gasteiger charge is 2.29. The van der Waals surface area contributed by atoms with E-state index < -0.39 is 47.8 Å². The summed E-state index contributed by atoms with van der Waals surface area (Å²) in [7, 11) is 1.98. The molecule has 2 aliphatic rings. The van der Waals surface area contributed by atoms with Crippen molar-refractivity contribution in [3.8, 4) is 11.3 Å². The minimum atomic E-state index is -1.06. The van der Waals surface area contributed by atoms with Crippen LogP contribution in [0.15, 0.2) is 79.3 Å². The van der Waals surface area contributed by atoms with Crippen LogP contribution in [0.1, 0.15) is 86.0 Å². The highest BCUT2D eigenvalue weighted by atomic mass is 16.6. The number of anilines is 4. The Morgan fingerprint density at radius 1 is 0.776 bits per heavy atom. The fraction of sp³-hybridized carbons (Fsp3) is 0.475. The predicted octanol–water partition coefficient (Wildman–Crippen LogP) is 3.79. The van der Waals surface area contributed by atoms with Crippen LogP contribution in [0.3, 0.4) is 0 Å². The number of aryl methyl sites for hydroxylation is 2. The molecule has 10 N–H and O–H groups in total. The van der Waals surface area contributed by atoms with Crippen LogP contribution < -0.4 is 48.3 Å². The molecular weight excluding hydrogens is 1100 g/mol. The molecule has 2 atom stereocenters. The number of primary amides is 1. The van der Waals surface area contributed by atoms with Gasteiger partial charge in [0.25, 0.3) is 17.7 Å². The predicted molar refractivity (Wildman–Crippen MR) is 316 cm³/mol. The maximum absolute atomic E-state index is 13.7. The number of urea groups is 1. The number of ether oxygens (including phenoxy) is 5. The Bertz CT molecular complexity index is 2910. The number of alkyl carbamates (subject to hydrolysis) is 1. The molecule has 26 heteroatoms. The Balaban J connectivity index is 0.882. The number of nitrogens with one attached hydrogen (secondary N) is 6. The number of imide groups is 1. The molecule has 0 fully saturated rings. The molecule has 0 radical (unpaired) electrons. The molecule has 4 heterocycles. The first-order chi connectivity index (χ1) is 41.1. The van der Waals surface area contributed by atoms with Gasteiger partial charge in [0, 0.05) is 62.7 Å². The zero-order valence-corrected chi connectivity index (χ0v) is 48.5. The third kappa shape index (κ3) is 22.2. The van der Waals surface area contributed by atoms with Gasteiger partial charge in [0.15, 0.2) is 11.5 Å². The van der Waals surface area contributed by atoms with Crippen molar-refractivity contribution in [3.05, 3.63) is 102 Å². The topological polar surface area (TPSA) is 352 Å². The van der Waals surface area contributed by atoms with E-state index in [0.29, 0.717) is 61.8 Å². The number of benzene rings is 2. The van der Waals surface area contributed by atoms with E-state index in [1.807, 2.05) is 19.2 Å². The summed E-state index contributed by atoms with van der Waals surface area (Å²) in [5.74, 6) is -3.06. The van der Waals surface area contributed by atoms with E-state index in [9.17, 15) is 38.4 Å². The quantitative estimate of drug-likeness (QED) is 0.0255. The summed E-state index contributed by atoms with van der Waals surface area (Å²) in [6.07, 6.45) is 12.1. The normalized spacial score (nSPS) is 13.9. The number of unbranched alkanes of at least 4 members (excludes halogenated alkanes) is 1. The lowest BCUT2D eigenvalue weighted by Gasteiger charge is -2.25. The van der Waals surface area contributed by atoms with E-state index in [0.717, 1.165) is 54.8 Å². The van der Waals surface area contributed by atoms with Gasteiger partial charge in [0.05, 0.1) is 88.9 Å². The number of nitrogens with zero attached hydrogens (tertiary/aromatic N) is 5. The first-order valence-corrected chi connectivity index (χ1v) is 28.6. The Labute approximate surface area is 494 Å². The minimum absolute atomic E-state index is 0.0212. The van der Waals surface area contributed by atoms with E-state index in [2.05, 4.69) is 63.9 Å². The number of fused-ring (bicyclic) bond motifs is 6. The molecule has 0 saturated carbocycles. The van der Waals surface area contributed by atoms with Crippen molar-refractivity contribution >= 4 is 70.4 Å². The van der Waals surface area contributed by atoms with Crippen LogP contribution in [0, 0.1) is 5.92 Å². The Kier molecular flexibility index (Phi) is 26.9. The fourth-order valence-electron chi connectivity index (χ4n) is 9.06. The van der Waals surface area contributed by atoms with Crippen LogP contribution in [0.4, 0.5) is 32.5 Å². The molecule has 0 saturated heterocycles. The highest BCUT2D eigenvalue weighted by molar-refractivity contribution is 6.13. The summed E-state index contributed by atoms with van der Waals surface area (Å²) in [6.45, 7) is 6.95. The second-order valence-electron chi connectivity index (χ2n) is 20.5. The second kappa shape index (κ2) is 34.9. The number of carbonyl (C=O) groups excluding carboxylic acids is 8. The summed E-state index contributed by atoms with van der Waals surface area (Å²) in [4.78, 5) is 117. The standard InChI is InChI=1S/C59H79N13O13/c1-39(2)52(70-49(73)21-27-81-29-31-83-33-34-84-32-30-82-28-26-72-50(74)18-19-51(72)75)56(77)68-45(11-8-23-63-58(61)79)55(76)66-44-16-12-40(13-17-44)38-85-59(80)64-22-6-4-9-41-14-15-43-35-42(41)10-5-7-25-71(3)48-20-24-62-36-47(48)69-57(78)53-54(60)65-37-46(43)67-53/h12-20,24,35-37,39,45,52H,4-11,21-23,25-34,38H2,1-3H3,(H2,60,65)(H,64,80)(H,66,76)(H,68,77)(H,69,78)(H,70,73)(H3,61,63,79)/t45-,52?/m0/s1. The Hall–Kier alpha value is -8.59. The number of pyridine rings is 1. The average molecular weight is 1180 g/mol. The number of rotatable bonds is 32. The average Bonchev–Trinajstić information content (AvgIpc) is 3.43. The number of amides is 9. The van der Waals surface area contributed by atoms with Gasteiger partial charge in [-0.15, -0.1) is 0 Å². The van der Waals surface area contributed by atoms with Gasteiger partial charge < -0.3 is 72.0 Å². The van der Waals surface area contributed by atoms with Gasteiger partial charge in [0.1, 0.15) is 18.7 Å². The van der Waals surface area contributed by atoms with E-state index in [4.69, 9.17) is 35.2 Å². The van der Waals surface area contributed by atoms with Gasteiger partial charge in [0.2, 0.25) is 17.7 Å². The Morgan fingerprint density at radius 2 is 1.47 bits per heavy atom. The Morgan fingerprint density at radius 3 is 2.18 bits per heavy atom. The van der Waals surface area contributed by atoms with Gasteiger partial charge in [-0.1, -0.05) is 38.1 Å². The van der Waals surface area contributed by atoms with Gasteiger partial charge in [-0.25, -0.2) is 19.6 Å². The molecule has 0 spiro atoms. The number of hydrogen-bond acceptors (Lipinski definition) is 18. The van der Waals surface area contributed by atoms with Gasteiger partial charge >= 0.3 is 12.1 Å². The van der Waals surface area contributed by atoms with Crippen LogP contribution in [0.2, 0.25) is 0 Å². The smallest absolute Gasteiger partial charge is 0.407 e. The summed E-state index contributed by atoms with van der Waals surface area (Å²) >= 11 is 0. The minimum Gasteiger partial charge on any atom is -0.445 e. The summed E-state index contributed by atoms with van der Waals surface area (Å²) < 4.78 is 27.4. The molecule has 1 unspecified atom stereocenters. The first-order valence-electron chi connectivity index (χ1n) is 28.6. The third-order valence-corrected chi connectivity index (χ3v) is 13.7. The lowest BCUT2D eigenvalue weighted by Crippen LogP contribution is -2.54. The van der Waals surface area contributed by atoms with Gasteiger partial charge in [-0.05, 0) is 98.2 Å². The van der Waals surface area contributed by atoms with Crippen molar-refractivity contribution in [2.24, 2.45) is 11.7 Å². The lowest BCUT2D eigenvalue weighted by atomic mass is 9.94. The van der Waals surface area contributed by atoms with Gasteiger partial charge in [-0.2, -0.15) is 0 Å². The molecule has 4 bridgehead atoms. The van der Waals surface area contributed by atoms with Gasteiger partial charge in [-0.3, -0.25) is 38.7 Å². The summed E-state index contributed by atoms with van der Waals surface area (Å²) in [6, 6.07) is 11.9. The molecule has 2 aromatic carbocycles. The number of aromatic nitrogens is 3. The molecule has 4 aromatic rings.